The van der Waals surface area contributed by atoms with Crippen molar-refractivity contribution in [1.82, 2.24) is 4.98 Å². The Labute approximate surface area is 111 Å². The zero-order valence-corrected chi connectivity index (χ0v) is 10.7. The fourth-order valence-electron chi connectivity index (χ4n) is 1.76. The Morgan fingerprint density at radius 1 is 1.11 bits per heavy atom. The van der Waals surface area contributed by atoms with E-state index in [1.165, 1.54) is 20.2 Å². The molecule has 0 saturated heterocycles. The van der Waals surface area contributed by atoms with Gasteiger partial charge in [0.15, 0.2) is 5.78 Å². The molecule has 0 fully saturated rings. The van der Waals surface area contributed by atoms with Crippen LogP contribution in [-0.4, -0.2) is 23.8 Å². The molecule has 2 rings (SSSR count). The van der Waals surface area contributed by atoms with Gasteiger partial charge >= 0.3 is 5.97 Å². The van der Waals surface area contributed by atoms with Crippen molar-refractivity contribution in [3.05, 3.63) is 53.7 Å². The van der Waals surface area contributed by atoms with E-state index >= 15 is 0 Å². The summed E-state index contributed by atoms with van der Waals surface area (Å²) in [4.78, 5) is 27.1. The highest BCUT2D eigenvalue weighted by molar-refractivity contribution is 5.97. The smallest absolute Gasteiger partial charge is 0.338 e. The van der Waals surface area contributed by atoms with Crippen LogP contribution in [0.1, 0.15) is 27.6 Å². The molecule has 0 radical (unpaired) electrons. The molecule has 0 amide bonds. The zero-order valence-electron chi connectivity index (χ0n) is 10.7. The molecule has 1 heterocycles. The first kappa shape index (κ1) is 13.0. The number of esters is 1. The third-order valence-corrected chi connectivity index (χ3v) is 2.78. The number of hydrogen-bond acceptors (Lipinski definition) is 4. The number of aromatic nitrogens is 1. The van der Waals surface area contributed by atoms with Gasteiger partial charge in [-0.3, -0.25) is 9.78 Å². The molecule has 96 valence electrons. The maximum absolute atomic E-state index is 11.7. The molecule has 19 heavy (non-hydrogen) atoms. The Hall–Kier alpha value is -2.49. The number of Topliss-reactive ketones (excluding diaryl/α,β-unsaturated/α-hetero) is 1. The van der Waals surface area contributed by atoms with Gasteiger partial charge in [-0.1, -0.05) is 18.2 Å². The van der Waals surface area contributed by atoms with Gasteiger partial charge in [-0.25, -0.2) is 4.79 Å². The van der Waals surface area contributed by atoms with E-state index in [-0.39, 0.29) is 5.78 Å². The minimum absolute atomic E-state index is 0.0414. The normalized spacial score (nSPS) is 10.0. The molecule has 4 heteroatoms. The van der Waals surface area contributed by atoms with Gasteiger partial charge in [-0.15, -0.1) is 0 Å². The van der Waals surface area contributed by atoms with Gasteiger partial charge in [0.1, 0.15) is 0 Å². The first-order valence-electron chi connectivity index (χ1n) is 5.78. The van der Waals surface area contributed by atoms with E-state index in [1.54, 1.807) is 30.3 Å². The van der Waals surface area contributed by atoms with Crippen molar-refractivity contribution >= 4 is 11.8 Å². The second kappa shape index (κ2) is 5.44. The van der Waals surface area contributed by atoms with Crippen LogP contribution in [0.5, 0.6) is 0 Å². The van der Waals surface area contributed by atoms with Gasteiger partial charge in [0.2, 0.25) is 0 Å². The van der Waals surface area contributed by atoms with Crippen LogP contribution in [0.4, 0.5) is 0 Å². The summed E-state index contributed by atoms with van der Waals surface area (Å²) in [6.07, 6.45) is 1.51. The van der Waals surface area contributed by atoms with Crippen molar-refractivity contribution in [1.29, 1.82) is 0 Å². The molecule has 0 aliphatic carbocycles. The molecule has 0 aliphatic heterocycles. The topological polar surface area (TPSA) is 56.3 Å². The number of nitrogens with zero attached hydrogens (tertiary/aromatic N) is 1. The molecule has 0 atom stereocenters. The number of hydrogen-bond donors (Lipinski definition) is 0. The Balaban J connectivity index is 2.47. The molecule has 1 aromatic carbocycles. The van der Waals surface area contributed by atoms with E-state index in [4.69, 9.17) is 4.74 Å². The van der Waals surface area contributed by atoms with E-state index in [2.05, 4.69) is 4.98 Å². The number of methoxy groups -OCH3 is 1. The molecule has 0 spiro atoms. The molecule has 2 aromatic rings. The van der Waals surface area contributed by atoms with Gasteiger partial charge in [-0.05, 0) is 25.1 Å². The minimum Gasteiger partial charge on any atom is -0.465 e. The molecule has 0 bridgehead atoms. The third kappa shape index (κ3) is 2.68. The van der Waals surface area contributed by atoms with Crippen LogP contribution < -0.4 is 0 Å². The first-order chi connectivity index (χ1) is 9.13. The number of carbonyl (C=O) groups is 2. The summed E-state index contributed by atoms with van der Waals surface area (Å²) in [5.41, 5.74) is 2.31. The van der Waals surface area contributed by atoms with Gasteiger partial charge in [0.05, 0.1) is 18.4 Å². The summed E-state index contributed by atoms with van der Waals surface area (Å²) in [6, 6.07) is 10.5. The van der Waals surface area contributed by atoms with Crippen LogP contribution >= 0.6 is 0 Å². The number of rotatable bonds is 3. The SMILES string of the molecule is COC(=O)c1ccccc1-c1ccc(C(C)=O)cn1. The zero-order chi connectivity index (χ0) is 13.8. The monoisotopic (exact) mass is 255 g/mol. The Bertz CT molecular complexity index is 618. The summed E-state index contributed by atoms with van der Waals surface area (Å²) < 4.78 is 4.74. The van der Waals surface area contributed by atoms with Crippen LogP contribution in [0.3, 0.4) is 0 Å². The van der Waals surface area contributed by atoms with Crippen LogP contribution in [-0.2, 0) is 4.74 Å². The molecule has 0 N–H and O–H groups in total. The number of ether oxygens (including phenoxy) is 1. The third-order valence-electron chi connectivity index (χ3n) is 2.78. The van der Waals surface area contributed by atoms with Crippen LogP contribution in [0.25, 0.3) is 11.3 Å². The van der Waals surface area contributed by atoms with Crippen molar-refractivity contribution in [2.24, 2.45) is 0 Å². The second-order valence-corrected chi connectivity index (χ2v) is 4.03. The quantitative estimate of drug-likeness (QED) is 0.625. The highest BCUT2D eigenvalue weighted by Gasteiger charge is 2.13. The van der Waals surface area contributed by atoms with Crippen molar-refractivity contribution in [3.63, 3.8) is 0 Å². The van der Waals surface area contributed by atoms with E-state index in [0.717, 1.165) is 0 Å². The standard InChI is InChI=1S/C15H13NO3/c1-10(17)11-7-8-14(16-9-11)12-5-3-4-6-13(12)15(18)19-2/h3-9H,1-2H3. The Morgan fingerprint density at radius 2 is 1.84 bits per heavy atom. The van der Waals surface area contributed by atoms with Crippen LogP contribution in [0.2, 0.25) is 0 Å². The summed E-state index contributed by atoms with van der Waals surface area (Å²) in [7, 11) is 1.34. The summed E-state index contributed by atoms with van der Waals surface area (Å²) in [5, 5.41) is 0. The summed E-state index contributed by atoms with van der Waals surface area (Å²) in [6.45, 7) is 1.49. The lowest BCUT2D eigenvalue weighted by atomic mass is 10.0. The molecular formula is C15H13NO3. The number of pyridine rings is 1. The highest BCUT2D eigenvalue weighted by atomic mass is 16.5. The number of benzene rings is 1. The first-order valence-corrected chi connectivity index (χ1v) is 5.78. The van der Waals surface area contributed by atoms with Crippen LogP contribution in [0.15, 0.2) is 42.6 Å². The second-order valence-electron chi connectivity index (χ2n) is 4.03. The Morgan fingerprint density at radius 3 is 2.42 bits per heavy atom. The molecule has 0 aliphatic rings. The lowest BCUT2D eigenvalue weighted by Gasteiger charge is -2.07. The largest absolute Gasteiger partial charge is 0.465 e. The van der Waals surface area contributed by atoms with Crippen molar-refractivity contribution in [3.8, 4) is 11.3 Å². The van der Waals surface area contributed by atoms with E-state index < -0.39 is 5.97 Å². The maximum Gasteiger partial charge on any atom is 0.338 e. The summed E-state index contributed by atoms with van der Waals surface area (Å²) >= 11 is 0. The number of carbonyl (C=O) groups excluding carboxylic acids is 2. The van der Waals surface area contributed by atoms with Gasteiger partial charge in [-0.2, -0.15) is 0 Å². The van der Waals surface area contributed by atoms with Gasteiger partial charge in [0.25, 0.3) is 0 Å². The van der Waals surface area contributed by atoms with Crippen molar-refractivity contribution < 1.29 is 14.3 Å². The average Bonchev–Trinajstić information content (AvgIpc) is 2.46. The minimum atomic E-state index is -0.409. The molecule has 1 aromatic heterocycles. The molecule has 0 unspecified atom stereocenters. The Kier molecular flexibility index (Phi) is 3.71. The average molecular weight is 255 g/mol. The van der Waals surface area contributed by atoms with Gasteiger partial charge in [0, 0.05) is 17.3 Å². The van der Waals surface area contributed by atoms with Crippen molar-refractivity contribution in [2.75, 3.05) is 7.11 Å². The maximum atomic E-state index is 11.7. The fraction of sp³-hybridized carbons (Fsp3) is 0.133. The predicted octanol–water partition coefficient (Wildman–Crippen LogP) is 2.74. The van der Waals surface area contributed by atoms with Gasteiger partial charge < -0.3 is 4.74 Å². The van der Waals surface area contributed by atoms with Crippen molar-refractivity contribution in [2.45, 2.75) is 6.92 Å². The number of ketones is 1. The predicted molar refractivity (Wildman–Crippen MR) is 71.0 cm³/mol. The fourth-order valence-corrected chi connectivity index (χ4v) is 1.76. The van der Waals surface area contributed by atoms with E-state index in [1.807, 2.05) is 6.07 Å². The molecular weight excluding hydrogens is 242 g/mol. The molecule has 0 saturated carbocycles. The van der Waals surface area contributed by atoms with E-state index in [9.17, 15) is 9.59 Å². The summed E-state index contributed by atoms with van der Waals surface area (Å²) in [5.74, 6) is -0.451. The van der Waals surface area contributed by atoms with E-state index in [0.29, 0.717) is 22.4 Å². The lowest BCUT2D eigenvalue weighted by Crippen LogP contribution is -2.04. The molecule has 4 nitrogen and oxygen atoms in total. The highest BCUT2D eigenvalue weighted by Crippen LogP contribution is 2.22. The lowest BCUT2D eigenvalue weighted by molar-refractivity contribution is 0.0601. The van der Waals surface area contributed by atoms with Crippen LogP contribution in [0, 0.1) is 0 Å².